The van der Waals surface area contributed by atoms with Gasteiger partial charge in [-0.25, -0.2) is 9.87 Å². The minimum absolute atomic E-state index is 0.0559. The number of halogens is 1. The monoisotopic (exact) mass is 368 g/mol. The zero-order chi connectivity index (χ0) is 19.8. The van der Waals surface area contributed by atoms with Gasteiger partial charge in [0.15, 0.2) is 0 Å². The Kier molecular flexibility index (Phi) is 7.02. The summed E-state index contributed by atoms with van der Waals surface area (Å²) < 4.78 is 13.6. The second kappa shape index (κ2) is 9.45. The average molecular weight is 368 g/mol. The maximum Gasteiger partial charge on any atom is 0.267 e. The van der Waals surface area contributed by atoms with Gasteiger partial charge in [-0.2, -0.15) is 0 Å². The van der Waals surface area contributed by atoms with Crippen LogP contribution in [0.3, 0.4) is 0 Å². The molecule has 2 rings (SSSR count). The lowest BCUT2D eigenvalue weighted by Gasteiger charge is -2.12. The number of nitrogens with one attached hydrogen (secondary N) is 2. The molecule has 5 nitrogen and oxygen atoms in total. The quantitative estimate of drug-likeness (QED) is 0.316. The van der Waals surface area contributed by atoms with Gasteiger partial charge in [-0.15, -0.1) is 0 Å². The van der Waals surface area contributed by atoms with Gasteiger partial charge >= 0.3 is 0 Å². The molecule has 0 saturated carbocycles. The van der Waals surface area contributed by atoms with E-state index in [-0.39, 0.29) is 11.9 Å². The van der Waals surface area contributed by atoms with Crippen LogP contribution in [0.25, 0.3) is 17.7 Å². The van der Waals surface area contributed by atoms with Gasteiger partial charge in [0.2, 0.25) is 0 Å². The molecule has 0 aliphatic heterocycles. The highest BCUT2D eigenvalue weighted by atomic mass is 19.1. The molecular weight excluding hydrogens is 347 g/mol. The summed E-state index contributed by atoms with van der Waals surface area (Å²) in [5, 5.41) is 11.3. The fraction of sp³-hybridized carbons (Fsp3) is 0.143. The van der Waals surface area contributed by atoms with Crippen molar-refractivity contribution in [1.82, 2.24) is 10.8 Å². The summed E-state index contributed by atoms with van der Waals surface area (Å²) in [6.07, 6.45) is 4.41. The molecule has 2 aromatic carbocycles. The van der Waals surface area contributed by atoms with Crippen LogP contribution < -0.4 is 10.8 Å². The second-order valence-electron chi connectivity index (χ2n) is 6.17. The number of carbonyl (C=O) groups is 2. The van der Waals surface area contributed by atoms with E-state index in [9.17, 15) is 14.0 Å². The van der Waals surface area contributed by atoms with E-state index in [1.807, 2.05) is 13.8 Å². The van der Waals surface area contributed by atoms with E-state index < -0.39 is 11.7 Å². The lowest BCUT2D eigenvalue weighted by Crippen LogP contribution is -2.30. The molecule has 0 aliphatic carbocycles. The molecule has 0 spiro atoms. The number of rotatable bonds is 6. The van der Waals surface area contributed by atoms with Gasteiger partial charge in [0.05, 0.1) is 0 Å². The molecule has 0 radical (unpaired) electrons. The highest BCUT2D eigenvalue weighted by Gasteiger charge is 2.13. The number of carbonyl (C=O) groups excluding carboxylic acids is 2. The first kappa shape index (κ1) is 20.1. The third-order valence-electron chi connectivity index (χ3n) is 3.58. The molecular formula is C21H21FN2O3. The van der Waals surface area contributed by atoms with Gasteiger partial charge in [0, 0.05) is 17.7 Å². The molecule has 27 heavy (non-hydrogen) atoms. The van der Waals surface area contributed by atoms with Crippen molar-refractivity contribution in [2.24, 2.45) is 0 Å². The number of benzene rings is 2. The Hall–Kier alpha value is -3.25. The molecule has 0 unspecified atom stereocenters. The van der Waals surface area contributed by atoms with Crippen molar-refractivity contribution in [1.29, 1.82) is 0 Å². The smallest absolute Gasteiger partial charge is 0.267 e. The zero-order valence-corrected chi connectivity index (χ0v) is 15.1. The van der Waals surface area contributed by atoms with Crippen molar-refractivity contribution >= 4 is 29.5 Å². The lowest BCUT2D eigenvalue weighted by atomic mass is 10.0. The average Bonchev–Trinajstić information content (AvgIpc) is 2.64. The molecule has 0 aliphatic rings. The van der Waals surface area contributed by atoms with Gasteiger partial charge in [-0.3, -0.25) is 14.8 Å². The predicted molar refractivity (Wildman–Crippen MR) is 103 cm³/mol. The Morgan fingerprint density at radius 1 is 1.07 bits per heavy atom. The Labute approximate surface area is 157 Å². The van der Waals surface area contributed by atoms with Crippen molar-refractivity contribution in [3.05, 3.63) is 77.1 Å². The topological polar surface area (TPSA) is 78.4 Å². The van der Waals surface area contributed by atoms with E-state index in [4.69, 9.17) is 5.21 Å². The summed E-state index contributed by atoms with van der Waals surface area (Å²) in [5.74, 6) is -1.34. The van der Waals surface area contributed by atoms with Gasteiger partial charge in [0.25, 0.3) is 11.8 Å². The van der Waals surface area contributed by atoms with Crippen LogP contribution in [0, 0.1) is 5.82 Å². The third kappa shape index (κ3) is 6.20. The molecule has 2 aromatic rings. The van der Waals surface area contributed by atoms with Gasteiger partial charge in [0.1, 0.15) is 5.82 Å². The summed E-state index contributed by atoms with van der Waals surface area (Å²) in [6.45, 7) is 3.70. The first-order valence-corrected chi connectivity index (χ1v) is 8.39. The molecule has 0 heterocycles. The number of hydrogen-bond donors (Lipinski definition) is 3. The van der Waals surface area contributed by atoms with Gasteiger partial charge in [-0.05, 0) is 54.8 Å². The van der Waals surface area contributed by atoms with Crippen molar-refractivity contribution in [3.8, 4) is 0 Å². The van der Waals surface area contributed by atoms with E-state index in [1.165, 1.54) is 29.8 Å². The number of hydroxylamine groups is 1. The van der Waals surface area contributed by atoms with E-state index in [0.29, 0.717) is 11.1 Å². The van der Waals surface area contributed by atoms with Crippen LogP contribution >= 0.6 is 0 Å². The predicted octanol–water partition coefficient (Wildman–Crippen LogP) is 3.41. The fourth-order valence-corrected chi connectivity index (χ4v) is 2.36. The zero-order valence-electron chi connectivity index (χ0n) is 15.1. The molecule has 0 fully saturated rings. The van der Waals surface area contributed by atoms with Crippen LogP contribution in [0.1, 0.15) is 30.5 Å². The molecule has 2 amide bonds. The van der Waals surface area contributed by atoms with Crippen LogP contribution in [0.4, 0.5) is 4.39 Å². The van der Waals surface area contributed by atoms with Crippen LogP contribution in [-0.4, -0.2) is 23.1 Å². The van der Waals surface area contributed by atoms with E-state index in [0.717, 1.165) is 11.1 Å². The Morgan fingerprint density at radius 2 is 1.74 bits per heavy atom. The number of amides is 2. The maximum atomic E-state index is 13.6. The Bertz CT molecular complexity index is 871. The SMILES string of the molecule is CC(C)NC(=O)/C(=C/c1ccc(/C=C/C(=O)NO)cc1)c1cccc(F)c1. The summed E-state index contributed by atoms with van der Waals surface area (Å²) >= 11 is 0. The fourth-order valence-electron chi connectivity index (χ4n) is 2.36. The molecule has 6 heteroatoms. The lowest BCUT2D eigenvalue weighted by molar-refractivity contribution is -0.124. The molecule has 0 atom stereocenters. The van der Waals surface area contributed by atoms with Crippen LogP contribution in [0.5, 0.6) is 0 Å². The first-order chi connectivity index (χ1) is 12.9. The minimum atomic E-state index is -0.627. The third-order valence-corrected chi connectivity index (χ3v) is 3.58. The van der Waals surface area contributed by atoms with Crippen LogP contribution in [-0.2, 0) is 9.59 Å². The van der Waals surface area contributed by atoms with Gasteiger partial charge < -0.3 is 5.32 Å². The largest absolute Gasteiger partial charge is 0.350 e. The van der Waals surface area contributed by atoms with Crippen LogP contribution in [0.15, 0.2) is 54.6 Å². The standard InChI is InChI=1S/C21H21FN2O3/c1-14(2)23-21(26)19(17-4-3-5-18(22)13-17)12-16-8-6-15(7-9-16)10-11-20(25)24-27/h3-14,27H,1-2H3,(H,23,26)(H,24,25)/b11-10+,19-12+. The van der Waals surface area contributed by atoms with E-state index in [2.05, 4.69) is 5.32 Å². The second-order valence-corrected chi connectivity index (χ2v) is 6.17. The molecule has 0 saturated heterocycles. The van der Waals surface area contributed by atoms with Crippen molar-refractivity contribution < 1.29 is 19.2 Å². The van der Waals surface area contributed by atoms with Crippen molar-refractivity contribution in [2.45, 2.75) is 19.9 Å². The minimum Gasteiger partial charge on any atom is -0.350 e. The molecule has 140 valence electrons. The van der Waals surface area contributed by atoms with Crippen molar-refractivity contribution in [2.75, 3.05) is 0 Å². The molecule has 0 bridgehead atoms. The first-order valence-electron chi connectivity index (χ1n) is 8.39. The summed E-state index contributed by atoms with van der Waals surface area (Å²) in [5.41, 5.74) is 3.84. The Balaban J connectivity index is 2.34. The summed E-state index contributed by atoms with van der Waals surface area (Å²) in [4.78, 5) is 23.6. The summed E-state index contributed by atoms with van der Waals surface area (Å²) in [7, 11) is 0. The highest BCUT2D eigenvalue weighted by Crippen LogP contribution is 2.20. The Morgan fingerprint density at radius 3 is 2.33 bits per heavy atom. The molecule has 0 aromatic heterocycles. The maximum absolute atomic E-state index is 13.6. The highest BCUT2D eigenvalue weighted by molar-refractivity contribution is 6.24. The van der Waals surface area contributed by atoms with E-state index in [1.54, 1.807) is 42.5 Å². The van der Waals surface area contributed by atoms with Crippen molar-refractivity contribution in [3.63, 3.8) is 0 Å². The number of hydrogen-bond acceptors (Lipinski definition) is 3. The normalized spacial score (nSPS) is 11.7. The van der Waals surface area contributed by atoms with Crippen LogP contribution in [0.2, 0.25) is 0 Å². The van der Waals surface area contributed by atoms with Gasteiger partial charge in [-0.1, -0.05) is 36.4 Å². The van der Waals surface area contributed by atoms with E-state index >= 15 is 0 Å². The summed E-state index contributed by atoms with van der Waals surface area (Å²) in [6, 6.07) is 12.9. The molecule has 3 N–H and O–H groups in total.